The fraction of sp³-hybridized carbons (Fsp3) is 0.375. The number of aryl methyl sites for hydroxylation is 2. The molecule has 1 saturated heterocycles. The Balaban J connectivity index is 1.64. The van der Waals surface area contributed by atoms with Gasteiger partial charge in [-0.25, -0.2) is 4.79 Å². The van der Waals surface area contributed by atoms with Crippen LogP contribution in [0.2, 0.25) is 0 Å². The van der Waals surface area contributed by atoms with Crippen molar-refractivity contribution >= 4 is 22.8 Å². The number of carbonyl (C=O) groups is 2. The van der Waals surface area contributed by atoms with Crippen LogP contribution in [0.15, 0.2) is 35.1 Å². The number of rotatable bonds is 5. The van der Waals surface area contributed by atoms with Crippen LogP contribution in [0.4, 0.5) is 0 Å². The van der Waals surface area contributed by atoms with Crippen molar-refractivity contribution in [3.05, 3.63) is 57.5 Å². The van der Waals surface area contributed by atoms with E-state index in [2.05, 4.69) is 20.5 Å². The van der Waals surface area contributed by atoms with Crippen molar-refractivity contribution in [2.24, 2.45) is 7.05 Å². The molecule has 4 rings (SSSR count). The minimum absolute atomic E-state index is 0.127. The molecule has 3 heterocycles. The molecule has 0 atom stereocenters. The van der Waals surface area contributed by atoms with Gasteiger partial charge in [0.2, 0.25) is 5.91 Å². The first kappa shape index (κ1) is 21.8. The minimum atomic E-state index is -1.22. The van der Waals surface area contributed by atoms with Gasteiger partial charge in [0.1, 0.15) is 5.56 Å². The van der Waals surface area contributed by atoms with Crippen molar-refractivity contribution in [1.82, 2.24) is 19.4 Å². The molecule has 0 bridgehead atoms. The highest BCUT2D eigenvalue weighted by molar-refractivity contribution is 5.89. The Bertz CT molecular complexity index is 1250. The second kappa shape index (κ2) is 8.63. The van der Waals surface area contributed by atoms with Crippen molar-refractivity contribution in [1.29, 1.82) is 0 Å². The van der Waals surface area contributed by atoms with Gasteiger partial charge in [0, 0.05) is 63.3 Å². The number of aromatic carboxylic acids is 1. The molecule has 0 unspecified atom stereocenters. The van der Waals surface area contributed by atoms with Gasteiger partial charge in [-0.2, -0.15) is 0 Å². The molecule has 8 nitrogen and oxygen atoms in total. The molecular formula is C24H28N4O4. The summed E-state index contributed by atoms with van der Waals surface area (Å²) in [6.45, 7) is 7.56. The first-order chi connectivity index (χ1) is 15.3. The lowest BCUT2D eigenvalue weighted by Crippen LogP contribution is -2.47. The van der Waals surface area contributed by atoms with Crippen molar-refractivity contribution in [2.75, 3.05) is 26.2 Å². The lowest BCUT2D eigenvalue weighted by Gasteiger charge is -2.34. The number of hydrogen-bond acceptors (Lipinski definition) is 4. The summed E-state index contributed by atoms with van der Waals surface area (Å²) in [5.74, 6) is -1.09. The van der Waals surface area contributed by atoms with E-state index in [-0.39, 0.29) is 11.5 Å². The number of nitrogens with zero attached hydrogens (tertiary/aromatic N) is 3. The van der Waals surface area contributed by atoms with Crippen molar-refractivity contribution < 1.29 is 14.7 Å². The van der Waals surface area contributed by atoms with Gasteiger partial charge < -0.3 is 19.6 Å². The van der Waals surface area contributed by atoms with Gasteiger partial charge in [0.05, 0.1) is 5.69 Å². The zero-order chi connectivity index (χ0) is 23.0. The van der Waals surface area contributed by atoms with Gasteiger partial charge in [-0.1, -0.05) is 13.0 Å². The Labute approximate surface area is 186 Å². The summed E-state index contributed by atoms with van der Waals surface area (Å²) >= 11 is 0. The number of aromatic amines is 1. The van der Waals surface area contributed by atoms with Crippen LogP contribution in [0.25, 0.3) is 22.2 Å². The third kappa shape index (κ3) is 4.05. The maximum Gasteiger partial charge on any atom is 0.341 e. The molecule has 0 spiro atoms. The zero-order valence-electron chi connectivity index (χ0n) is 18.6. The predicted octanol–water partition coefficient (Wildman–Crippen LogP) is 2.46. The van der Waals surface area contributed by atoms with Gasteiger partial charge in [-0.15, -0.1) is 0 Å². The molecule has 0 aliphatic carbocycles. The summed E-state index contributed by atoms with van der Waals surface area (Å²) in [4.78, 5) is 42.1. The lowest BCUT2D eigenvalue weighted by molar-refractivity contribution is -0.130. The van der Waals surface area contributed by atoms with E-state index in [1.807, 2.05) is 37.1 Å². The van der Waals surface area contributed by atoms with Gasteiger partial charge in [0.25, 0.3) is 5.56 Å². The normalized spacial score (nSPS) is 14.8. The molecule has 1 aliphatic heterocycles. The molecule has 3 aromatic rings. The fourth-order valence-electron chi connectivity index (χ4n) is 4.43. The van der Waals surface area contributed by atoms with Gasteiger partial charge in [-0.3, -0.25) is 14.5 Å². The number of aromatic nitrogens is 2. The van der Waals surface area contributed by atoms with Gasteiger partial charge in [-0.05, 0) is 41.8 Å². The quantitative estimate of drug-likeness (QED) is 0.640. The molecule has 0 saturated carbocycles. The van der Waals surface area contributed by atoms with Crippen LogP contribution < -0.4 is 5.56 Å². The molecule has 168 valence electrons. The number of hydrogen-bond donors (Lipinski definition) is 2. The summed E-state index contributed by atoms with van der Waals surface area (Å²) in [6, 6.07) is 9.66. The van der Waals surface area contributed by atoms with E-state index in [0.29, 0.717) is 12.1 Å². The number of piperazine rings is 1. The first-order valence-electron chi connectivity index (χ1n) is 10.8. The summed E-state index contributed by atoms with van der Waals surface area (Å²) in [5.41, 5.74) is 3.75. The number of benzene rings is 1. The van der Waals surface area contributed by atoms with Crippen LogP contribution >= 0.6 is 0 Å². The number of fused-ring (bicyclic) bond motifs is 1. The van der Waals surface area contributed by atoms with Crippen LogP contribution in [-0.2, 0) is 24.8 Å². The van der Waals surface area contributed by atoms with E-state index in [4.69, 9.17) is 0 Å². The van der Waals surface area contributed by atoms with Crippen molar-refractivity contribution in [3.8, 4) is 11.3 Å². The molecule has 0 radical (unpaired) electrons. The van der Waals surface area contributed by atoms with Gasteiger partial charge in [0.15, 0.2) is 0 Å². The number of amides is 1. The smallest absolute Gasteiger partial charge is 0.341 e. The topological polar surface area (TPSA) is 98.6 Å². The summed E-state index contributed by atoms with van der Waals surface area (Å²) in [7, 11) is 2.05. The number of carboxylic acid groups (broad SMARTS) is 1. The van der Waals surface area contributed by atoms with Gasteiger partial charge >= 0.3 is 5.97 Å². The van der Waals surface area contributed by atoms with Crippen LogP contribution in [0.5, 0.6) is 0 Å². The Morgan fingerprint density at radius 1 is 1.09 bits per heavy atom. The SMILES string of the molecule is CCc1cc(C(=O)O)c(=O)[nH]c1-c1ccc2c(c1)cc(CN1CCN(C(C)=O)CC1)n2C. The van der Waals surface area contributed by atoms with E-state index in [1.165, 1.54) is 11.8 Å². The number of nitrogens with one attached hydrogen (secondary N) is 1. The minimum Gasteiger partial charge on any atom is -0.477 e. The fourth-order valence-corrected chi connectivity index (χ4v) is 4.43. The number of carboxylic acids is 1. The zero-order valence-corrected chi connectivity index (χ0v) is 18.6. The number of carbonyl (C=O) groups excluding carboxylic acids is 1. The first-order valence-corrected chi connectivity index (χ1v) is 10.8. The second-order valence-corrected chi connectivity index (χ2v) is 8.32. The highest BCUT2D eigenvalue weighted by Gasteiger charge is 2.20. The molecule has 1 fully saturated rings. The van der Waals surface area contributed by atoms with E-state index in [0.717, 1.165) is 54.8 Å². The average molecular weight is 437 g/mol. The van der Waals surface area contributed by atoms with Crippen LogP contribution in [0.1, 0.15) is 35.5 Å². The predicted molar refractivity (Wildman–Crippen MR) is 123 cm³/mol. The molecule has 2 aromatic heterocycles. The lowest BCUT2D eigenvalue weighted by atomic mass is 10.0. The maximum atomic E-state index is 12.3. The molecule has 8 heteroatoms. The molecule has 1 amide bonds. The molecule has 1 aliphatic rings. The second-order valence-electron chi connectivity index (χ2n) is 8.32. The monoisotopic (exact) mass is 436 g/mol. The van der Waals surface area contributed by atoms with E-state index in [1.54, 1.807) is 6.92 Å². The van der Waals surface area contributed by atoms with E-state index >= 15 is 0 Å². The Kier molecular flexibility index (Phi) is 5.88. The largest absolute Gasteiger partial charge is 0.477 e. The Hall–Kier alpha value is -3.39. The molecule has 32 heavy (non-hydrogen) atoms. The highest BCUT2D eigenvalue weighted by atomic mass is 16.4. The van der Waals surface area contributed by atoms with Crippen molar-refractivity contribution in [2.45, 2.75) is 26.8 Å². The third-order valence-electron chi connectivity index (χ3n) is 6.37. The highest BCUT2D eigenvalue weighted by Crippen LogP contribution is 2.28. The number of H-pyrrole nitrogens is 1. The molecule has 2 N–H and O–H groups in total. The Morgan fingerprint density at radius 3 is 2.44 bits per heavy atom. The maximum absolute atomic E-state index is 12.3. The number of pyridine rings is 1. The summed E-state index contributed by atoms with van der Waals surface area (Å²) in [6.07, 6.45) is 0.608. The van der Waals surface area contributed by atoms with Crippen LogP contribution in [0, 0.1) is 0 Å². The van der Waals surface area contributed by atoms with E-state index in [9.17, 15) is 19.5 Å². The van der Waals surface area contributed by atoms with E-state index < -0.39 is 11.5 Å². The Morgan fingerprint density at radius 2 is 1.81 bits per heavy atom. The summed E-state index contributed by atoms with van der Waals surface area (Å²) in [5, 5.41) is 10.3. The summed E-state index contributed by atoms with van der Waals surface area (Å²) < 4.78 is 2.17. The third-order valence-corrected chi connectivity index (χ3v) is 6.37. The van der Waals surface area contributed by atoms with Crippen LogP contribution in [0.3, 0.4) is 0 Å². The molecular weight excluding hydrogens is 408 g/mol. The van der Waals surface area contributed by atoms with Crippen molar-refractivity contribution in [3.63, 3.8) is 0 Å². The standard InChI is InChI=1S/C24H28N4O4/c1-4-16-13-20(24(31)32)23(30)25-22(16)17-5-6-21-18(11-17)12-19(26(21)3)14-27-7-9-28(10-8-27)15(2)29/h5-6,11-13H,4,7-10,14H2,1-3H3,(H,25,30)(H,31,32). The van der Waals surface area contributed by atoms with Crippen LogP contribution in [-0.4, -0.2) is 62.5 Å². The average Bonchev–Trinajstić information content (AvgIpc) is 3.08. The molecule has 1 aromatic carbocycles.